The molecule has 2 aromatic rings. The van der Waals surface area contributed by atoms with Crippen molar-refractivity contribution < 1.29 is 9.47 Å². The van der Waals surface area contributed by atoms with E-state index >= 15 is 0 Å². The summed E-state index contributed by atoms with van der Waals surface area (Å²) in [4.78, 5) is 6.96. The van der Waals surface area contributed by atoms with Crippen molar-refractivity contribution in [3.8, 4) is 11.5 Å². The van der Waals surface area contributed by atoms with Crippen molar-refractivity contribution in [2.75, 3.05) is 41.4 Å². The van der Waals surface area contributed by atoms with Crippen LogP contribution in [0.5, 0.6) is 11.5 Å². The predicted molar refractivity (Wildman–Crippen MR) is 121 cm³/mol. The van der Waals surface area contributed by atoms with Gasteiger partial charge in [0.05, 0.1) is 32.5 Å². The molecule has 0 amide bonds. The van der Waals surface area contributed by atoms with Gasteiger partial charge in [0, 0.05) is 31.4 Å². The number of nitrogens with one attached hydrogen (secondary N) is 2. The van der Waals surface area contributed by atoms with E-state index in [9.17, 15) is 0 Å². The summed E-state index contributed by atoms with van der Waals surface area (Å²) in [5.41, 5.74) is 4.47. The number of aliphatic imine (C=N–C) groups is 1. The summed E-state index contributed by atoms with van der Waals surface area (Å²) in [5.74, 6) is 2.24. The highest BCUT2D eigenvalue weighted by Crippen LogP contribution is 2.31. The quantitative estimate of drug-likeness (QED) is 0.483. The van der Waals surface area contributed by atoms with E-state index in [1.807, 2.05) is 30.8 Å². The molecule has 8 nitrogen and oxygen atoms in total. The van der Waals surface area contributed by atoms with Gasteiger partial charge in [0.1, 0.15) is 0 Å². The van der Waals surface area contributed by atoms with E-state index in [1.54, 1.807) is 14.2 Å². The Morgan fingerprint density at radius 1 is 1.17 bits per heavy atom. The standard InChI is InChI=1S/C22H36N6O2/c1-9-23-22(24-13-18-15(2)26-28(6)16(18)3)25-14-19(27(4)5)17-10-11-20(29-7)21(12-17)30-8/h10-12,19H,9,13-14H2,1-8H3,(H2,23,24,25). The fourth-order valence-corrected chi connectivity index (χ4v) is 3.40. The van der Waals surface area contributed by atoms with Crippen LogP contribution in [0, 0.1) is 13.8 Å². The summed E-state index contributed by atoms with van der Waals surface area (Å²) in [6.07, 6.45) is 0. The van der Waals surface area contributed by atoms with E-state index in [4.69, 9.17) is 14.5 Å². The highest BCUT2D eigenvalue weighted by molar-refractivity contribution is 5.79. The Labute approximate surface area is 180 Å². The van der Waals surface area contributed by atoms with E-state index in [0.717, 1.165) is 41.0 Å². The third kappa shape index (κ3) is 5.66. The molecule has 0 aliphatic heterocycles. The van der Waals surface area contributed by atoms with Crippen LogP contribution in [-0.2, 0) is 13.6 Å². The predicted octanol–water partition coefficient (Wildman–Crippen LogP) is 2.41. The lowest BCUT2D eigenvalue weighted by molar-refractivity contribution is 0.295. The maximum atomic E-state index is 5.47. The molecule has 0 spiro atoms. The van der Waals surface area contributed by atoms with E-state index < -0.39 is 0 Å². The summed E-state index contributed by atoms with van der Waals surface area (Å²) in [6, 6.07) is 6.17. The van der Waals surface area contributed by atoms with Crippen molar-refractivity contribution in [2.45, 2.75) is 33.4 Å². The van der Waals surface area contributed by atoms with E-state index in [1.165, 1.54) is 5.56 Å². The number of aryl methyl sites for hydroxylation is 2. The van der Waals surface area contributed by atoms with Gasteiger partial charge < -0.3 is 25.0 Å². The zero-order valence-corrected chi connectivity index (χ0v) is 19.5. The summed E-state index contributed by atoms with van der Waals surface area (Å²) in [5, 5.41) is 11.3. The minimum atomic E-state index is 0.135. The molecule has 0 saturated carbocycles. The second-order valence-corrected chi connectivity index (χ2v) is 7.44. The average Bonchev–Trinajstić information content (AvgIpc) is 2.96. The Bertz CT molecular complexity index is 860. The summed E-state index contributed by atoms with van der Waals surface area (Å²) >= 11 is 0. The van der Waals surface area contributed by atoms with Crippen LogP contribution in [0.25, 0.3) is 0 Å². The first-order valence-electron chi connectivity index (χ1n) is 10.2. The maximum Gasteiger partial charge on any atom is 0.191 e. The molecule has 1 heterocycles. The van der Waals surface area contributed by atoms with Crippen molar-refractivity contribution in [2.24, 2.45) is 12.0 Å². The molecule has 166 valence electrons. The van der Waals surface area contributed by atoms with Crippen LogP contribution in [0.1, 0.15) is 35.5 Å². The fourth-order valence-electron chi connectivity index (χ4n) is 3.40. The van der Waals surface area contributed by atoms with Gasteiger partial charge in [-0.3, -0.25) is 4.68 Å². The largest absolute Gasteiger partial charge is 0.493 e. The Balaban J connectivity index is 2.17. The molecule has 30 heavy (non-hydrogen) atoms. The first-order chi connectivity index (χ1) is 14.3. The van der Waals surface area contributed by atoms with Crippen LogP contribution in [0.15, 0.2) is 23.2 Å². The molecule has 0 saturated heterocycles. The lowest BCUT2D eigenvalue weighted by Crippen LogP contribution is -2.41. The summed E-state index contributed by atoms with van der Waals surface area (Å²) in [7, 11) is 9.39. The lowest BCUT2D eigenvalue weighted by Gasteiger charge is -2.26. The molecule has 1 aromatic heterocycles. The number of nitrogens with zero attached hydrogens (tertiary/aromatic N) is 4. The SMILES string of the molecule is CCNC(=NCc1c(C)nn(C)c1C)NCC(c1ccc(OC)c(OC)c1)N(C)C. The lowest BCUT2D eigenvalue weighted by atomic mass is 10.1. The normalized spacial score (nSPS) is 12.8. The molecule has 0 aliphatic rings. The van der Waals surface area contributed by atoms with Crippen molar-refractivity contribution in [3.05, 3.63) is 40.7 Å². The molecule has 1 aromatic carbocycles. The molecule has 0 fully saturated rings. The van der Waals surface area contributed by atoms with Crippen molar-refractivity contribution in [3.63, 3.8) is 0 Å². The van der Waals surface area contributed by atoms with Crippen molar-refractivity contribution >= 4 is 5.96 Å². The fraction of sp³-hybridized carbons (Fsp3) is 0.545. The first kappa shape index (κ1) is 23.5. The van der Waals surface area contributed by atoms with Gasteiger partial charge in [0.15, 0.2) is 17.5 Å². The molecule has 1 unspecified atom stereocenters. The van der Waals surface area contributed by atoms with Gasteiger partial charge in [-0.15, -0.1) is 0 Å². The van der Waals surface area contributed by atoms with Gasteiger partial charge in [0.2, 0.25) is 0 Å². The zero-order valence-electron chi connectivity index (χ0n) is 19.5. The summed E-state index contributed by atoms with van der Waals surface area (Å²) in [6.45, 7) is 8.24. The van der Waals surface area contributed by atoms with Crippen molar-refractivity contribution in [1.29, 1.82) is 0 Å². The van der Waals surface area contributed by atoms with Crippen LogP contribution in [0.4, 0.5) is 0 Å². The van der Waals surface area contributed by atoms with Gasteiger partial charge >= 0.3 is 0 Å². The molecule has 0 radical (unpaired) electrons. The Morgan fingerprint density at radius 3 is 2.40 bits per heavy atom. The topological polar surface area (TPSA) is 75.9 Å². The average molecular weight is 417 g/mol. The number of benzene rings is 1. The monoisotopic (exact) mass is 416 g/mol. The van der Waals surface area contributed by atoms with E-state index in [-0.39, 0.29) is 6.04 Å². The minimum absolute atomic E-state index is 0.135. The highest BCUT2D eigenvalue weighted by atomic mass is 16.5. The second-order valence-electron chi connectivity index (χ2n) is 7.44. The van der Waals surface area contributed by atoms with E-state index in [0.29, 0.717) is 13.1 Å². The minimum Gasteiger partial charge on any atom is -0.493 e. The Kier molecular flexibility index (Phi) is 8.53. The molecule has 1 atom stereocenters. The molecule has 0 aliphatic carbocycles. The number of likely N-dealkylation sites (N-methyl/N-ethyl adjacent to an activating group) is 1. The molecular weight excluding hydrogens is 380 g/mol. The molecule has 2 N–H and O–H groups in total. The highest BCUT2D eigenvalue weighted by Gasteiger charge is 2.17. The first-order valence-corrected chi connectivity index (χ1v) is 10.2. The maximum absolute atomic E-state index is 5.47. The molecule has 2 rings (SSSR count). The van der Waals surface area contributed by atoms with Gasteiger partial charge in [-0.25, -0.2) is 4.99 Å². The molecule has 0 bridgehead atoms. The summed E-state index contributed by atoms with van der Waals surface area (Å²) < 4.78 is 12.7. The number of guanidine groups is 1. The van der Waals surface area contributed by atoms with Gasteiger partial charge in [-0.2, -0.15) is 5.10 Å². The molecule has 8 heteroatoms. The van der Waals surface area contributed by atoms with Crippen LogP contribution in [0.2, 0.25) is 0 Å². The van der Waals surface area contributed by atoms with Crippen LogP contribution < -0.4 is 20.1 Å². The third-order valence-corrected chi connectivity index (χ3v) is 5.28. The second kappa shape index (κ2) is 10.9. The number of methoxy groups -OCH3 is 2. The van der Waals surface area contributed by atoms with Gasteiger partial charge in [-0.05, 0) is 52.6 Å². The van der Waals surface area contributed by atoms with Gasteiger partial charge in [0.25, 0.3) is 0 Å². The van der Waals surface area contributed by atoms with E-state index in [2.05, 4.69) is 54.6 Å². The number of ether oxygens (including phenoxy) is 2. The Morgan fingerprint density at radius 2 is 1.87 bits per heavy atom. The molecular formula is C22H36N6O2. The van der Waals surface area contributed by atoms with Gasteiger partial charge in [-0.1, -0.05) is 6.07 Å². The van der Waals surface area contributed by atoms with Crippen LogP contribution in [0.3, 0.4) is 0 Å². The number of hydrogen-bond donors (Lipinski definition) is 2. The smallest absolute Gasteiger partial charge is 0.191 e. The number of hydrogen-bond acceptors (Lipinski definition) is 5. The number of aromatic nitrogens is 2. The Hall–Kier alpha value is -2.74. The van der Waals surface area contributed by atoms with Crippen molar-refractivity contribution in [1.82, 2.24) is 25.3 Å². The third-order valence-electron chi connectivity index (χ3n) is 5.28. The van der Waals surface area contributed by atoms with Crippen LogP contribution in [-0.4, -0.2) is 62.0 Å². The van der Waals surface area contributed by atoms with Crippen LogP contribution >= 0.6 is 0 Å². The zero-order chi connectivity index (χ0) is 22.3. The number of rotatable bonds is 9.